The Labute approximate surface area is 84.2 Å². The molecule has 1 aromatic rings. The molecule has 0 unspecified atom stereocenters. The predicted molar refractivity (Wildman–Crippen MR) is 60.1 cm³/mol. The van der Waals surface area contributed by atoms with Crippen LogP contribution in [0.2, 0.25) is 0 Å². The van der Waals surface area contributed by atoms with Gasteiger partial charge in [-0.1, -0.05) is 24.3 Å². The third kappa shape index (κ3) is 3.05. The van der Waals surface area contributed by atoms with Crippen molar-refractivity contribution >= 4 is 11.8 Å². The Morgan fingerprint density at radius 1 is 1.07 bits per heavy atom. The molecular weight excluding hydrogens is 177 g/mol. The van der Waals surface area contributed by atoms with E-state index in [-0.39, 0.29) is 0 Å². The molecule has 0 bridgehead atoms. The summed E-state index contributed by atoms with van der Waals surface area (Å²) in [5.41, 5.74) is 2.22. The molecule has 74 valence electrons. The van der Waals surface area contributed by atoms with Crippen molar-refractivity contribution in [3.05, 3.63) is 48.3 Å². The van der Waals surface area contributed by atoms with Gasteiger partial charge in [-0.25, -0.2) is 4.39 Å². The highest BCUT2D eigenvalue weighted by atomic mass is 19.1. The second-order valence-electron chi connectivity index (χ2n) is 3.16. The summed E-state index contributed by atoms with van der Waals surface area (Å²) in [5, 5.41) is 0. The molecule has 14 heavy (non-hydrogen) atoms. The van der Waals surface area contributed by atoms with E-state index in [0.717, 1.165) is 11.3 Å². The molecule has 0 aliphatic carbocycles. The number of anilines is 1. The maximum atomic E-state index is 11.6. The average molecular weight is 191 g/mol. The molecule has 2 heteroatoms. The van der Waals surface area contributed by atoms with Crippen LogP contribution in [0.4, 0.5) is 10.1 Å². The van der Waals surface area contributed by atoms with Crippen LogP contribution >= 0.6 is 0 Å². The summed E-state index contributed by atoms with van der Waals surface area (Å²) in [6.07, 6.45) is 5.41. The van der Waals surface area contributed by atoms with Crippen molar-refractivity contribution in [2.24, 2.45) is 0 Å². The van der Waals surface area contributed by atoms with E-state index in [1.807, 2.05) is 49.3 Å². The maximum absolute atomic E-state index is 11.6. The molecule has 0 atom stereocenters. The summed E-state index contributed by atoms with van der Waals surface area (Å²) in [5.74, 6) is 0. The van der Waals surface area contributed by atoms with Crippen molar-refractivity contribution in [2.45, 2.75) is 0 Å². The molecule has 0 aliphatic rings. The summed E-state index contributed by atoms with van der Waals surface area (Å²) in [4.78, 5) is 2.04. The Hall–Kier alpha value is -1.57. The van der Waals surface area contributed by atoms with Crippen LogP contribution in [-0.4, -0.2) is 14.1 Å². The van der Waals surface area contributed by atoms with Gasteiger partial charge in [-0.2, -0.15) is 0 Å². The second kappa shape index (κ2) is 5.22. The van der Waals surface area contributed by atoms with Gasteiger partial charge >= 0.3 is 0 Å². The molecule has 0 aromatic heterocycles. The van der Waals surface area contributed by atoms with Crippen molar-refractivity contribution in [3.63, 3.8) is 0 Å². The molecule has 0 saturated heterocycles. The third-order valence-electron chi connectivity index (χ3n) is 1.88. The summed E-state index contributed by atoms with van der Waals surface area (Å²) in [6.45, 7) is 0. The van der Waals surface area contributed by atoms with Gasteiger partial charge in [0, 0.05) is 19.8 Å². The highest BCUT2D eigenvalue weighted by Crippen LogP contribution is 2.12. The fraction of sp³-hybridized carbons (Fsp3) is 0.167. The quantitative estimate of drug-likeness (QED) is 0.663. The smallest absolute Gasteiger partial charge is 0.0866 e. The normalized spacial score (nSPS) is 11.4. The molecule has 0 aliphatic heterocycles. The summed E-state index contributed by atoms with van der Waals surface area (Å²) in [7, 11) is 3.99. The largest absolute Gasteiger partial charge is 0.378 e. The zero-order valence-electron chi connectivity index (χ0n) is 8.44. The Kier molecular flexibility index (Phi) is 3.92. The van der Waals surface area contributed by atoms with Gasteiger partial charge in [0.25, 0.3) is 0 Å². The van der Waals surface area contributed by atoms with Gasteiger partial charge in [-0.05, 0) is 23.8 Å². The second-order valence-corrected chi connectivity index (χ2v) is 3.16. The van der Waals surface area contributed by atoms with Gasteiger partial charge < -0.3 is 4.90 Å². The summed E-state index contributed by atoms with van der Waals surface area (Å²) in [6, 6.07) is 8.05. The van der Waals surface area contributed by atoms with E-state index >= 15 is 0 Å². The zero-order valence-corrected chi connectivity index (χ0v) is 8.44. The lowest BCUT2D eigenvalue weighted by molar-refractivity contribution is 0.721. The van der Waals surface area contributed by atoms with E-state index in [2.05, 4.69) is 0 Å². The number of hydrogen-bond donors (Lipinski definition) is 0. The molecule has 0 fully saturated rings. The van der Waals surface area contributed by atoms with E-state index in [9.17, 15) is 4.39 Å². The Morgan fingerprint density at radius 2 is 1.71 bits per heavy atom. The highest BCUT2D eigenvalue weighted by molar-refractivity contribution is 5.56. The van der Waals surface area contributed by atoms with Crippen molar-refractivity contribution in [2.75, 3.05) is 19.0 Å². The van der Waals surface area contributed by atoms with Crippen LogP contribution in [0.1, 0.15) is 5.56 Å². The standard InChI is InChI=1S/C12H14FN/c1-14(2)12-8-6-11(7-9-12)5-3-4-10-13/h3-10H,1-2H3/b5-3-,10-4+. The van der Waals surface area contributed by atoms with Crippen LogP contribution in [0.25, 0.3) is 6.08 Å². The van der Waals surface area contributed by atoms with E-state index < -0.39 is 0 Å². The SMILES string of the molecule is CN(C)c1ccc(/C=C\C=C\F)cc1. The van der Waals surface area contributed by atoms with Crippen molar-refractivity contribution < 1.29 is 4.39 Å². The first kappa shape index (κ1) is 10.5. The van der Waals surface area contributed by atoms with Crippen LogP contribution in [0.15, 0.2) is 42.7 Å². The van der Waals surface area contributed by atoms with Gasteiger partial charge in [-0.15, -0.1) is 0 Å². The Bertz CT molecular complexity index is 323. The number of nitrogens with zero attached hydrogens (tertiary/aromatic N) is 1. The van der Waals surface area contributed by atoms with E-state index in [1.54, 1.807) is 6.08 Å². The number of rotatable bonds is 3. The number of allylic oxidation sites excluding steroid dienone is 2. The van der Waals surface area contributed by atoms with Crippen LogP contribution in [-0.2, 0) is 0 Å². The number of hydrogen-bond acceptors (Lipinski definition) is 1. The van der Waals surface area contributed by atoms with Crippen molar-refractivity contribution in [1.82, 2.24) is 0 Å². The molecular formula is C12H14FN. The number of halogens is 1. The highest BCUT2D eigenvalue weighted by Gasteiger charge is 1.92. The van der Waals surface area contributed by atoms with E-state index in [0.29, 0.717) is 6.33 Å². The molecule has 0 saturated carbocycles. The van der Waals surface area contributed by atoms with Gasteiger partial charge in [0.05, 0.1) is 6.33 Å². The average Bonchev–Trinajstić information content (AvgIpc) is 2.19. The zero-order chi connectivity index (χ0) is 10.4. The minimum absolute atomic E-state index is 0.519. The lowest BCUT2D eigenvalue weighted by Crippen LogP contribution is -2.07. The van der Waals surface area contributed by atoms with Crippen molar-refractivity contribution in [3.8, 4) is 0 Å². The first-order valence-corrected chi connectivity index (χ1v) is 4.45. The maximum Gasteiger partial charge on any atom is 0.0866 e. The first-order valence-electron chi connectivity index (χ1n) is 4.45. The van der Waals surface area contributed by atoms with Gasteiger partial charge in [0.1, 0.15) is 0 Å². The number of benzene rings is 1. The predicted octanol–water partition coefficient (Wildman–Crippen LogP) is 3.25. The lowest BCUT2D eigenvalue weighted by atomic mass is 10.2. The minimum Gasteiger partial charge on any atom is -0.378 e. The first-order chi connectivity index (χ1) is 6.74. The summed E-state index contributed by atoms with van der Waals surface area (Å²) >= 11 is 0. The monoisotopic (exact) mass is 191 g/mol. The molecule has 0 amide bonds. The minimum atomic E-state index is 0.519. The van der Waals surface area contributed by atoms with Crippen LogP contribution in [0.3, 0.4) is 0 Å². The molecule has 0 radical (unpaired) electrons. The van der Waals surface area contributed by atoms with Crippen LogP contribution < -0.4 is 4.90 Å². The Balaban J connectivity index is 2.73. The molecule has 0 heterocycles. The van der Waals surface area contributed by atoms with Crippen LogP contribution in [0.5, 0.6) is 0 Å². The molecule has 1 nitrogen and oxygen atoms in total. The van der Waals surface area contributed by atoms with E-state index in [4.69, 9.17) is 0 Å². The molecule has 1 aromatic carbocycles. The topological polar surface area (TPSA) is 3.24 Å². The molecule has 0 N–H and O–H groups in total. The molecule has 0 spiro atoms. The Morgan fingerprint density at radius 3 is 2.21 bits per heavy atom. The molecule has 1 rings (SSSR count). The fourth-order valence-corrected chi connectivity index (χ4v) is 1.09. The third-order valence-corrected chi connectivity index (χ3v) is 1.88. The lowest BCUT2D eigenvalue weighted by Gasteiger charge is -2.11. The van der Waals surface area contributed by atoms with Gasteiger partial charge in [-0.3, -0.25) is 0 Å². The van der Waals surface area contributed by atoms with Crippen LogP contribution in [0, 0.1) is 0 Å². The summed E-state index contributed by atoms with van der Waals surface area (Å²) < 4.78 is 11.6. The van der Waals surface area contributed by atoms with Gasteiger partial charge in [0.15, 0.2) is 0 Å². The van der Waals surface area contributed by atoms with Gasteiger partial charge in [0.2, 0.25) is 0 Å². The van der Waals surface area contributed by atoms with E-state index in [1.165, 1.54) is 6.08 Å². The van der Waals surface area contributed by atoms with Crippen molar-refractivity contribution in [1.29, 1.82) is 0 Å². The fourth-order valence-electron chi connectivity index (χ4n) is 1.09.